The van der Waals surface area contributed by atoms with Crippen molar-refractivity contribution in [2.75, 3.05) is 26.1 Å². The van der Waals surface area contributed by atoms with Crippen LogP contribution in [0.2, 0.25) is 0 Å². The number of nitrogens with one attached hydrogen (secondary N) is 1. The van der Waals surface area contributed by atoms with Gasteiger partial charge in [0.15, 0.2) is 5.78 Å². The maximum Gasteiger partial charge on any atom is 0.340 e. The minimum atomic E-state index is -0.524. The van der Waals surface area contributed by atoms with Crippen molar-refractivity contribution in [1.82, 2.24) is 4.90 Å². The van der Waals surface area contributed by atoms with Crippen LogP contribution in [0, 0.1) is 0 Å². The number of benzene rings is 2. The summed E-state index contributed by atoms with van der Waals surface area (Å²) < 4.78 is 10.4. The first-order valence-corrected chi connectivity index (χ1v) is 10.3. The molecule has 7 heteroatoms. The van der Waals surface area contributed by atoms with Crippen LogP contribution in [0.5, 0.6) is 11.5 Å². The zero-order valence-corrected chi connectivity index (χ0v) is 17.7. The van der Waals surface area contributed by atoms with Gasteiger partial charge < -0.3 is 24.8 Å². The molecule has 2 aromatic carbocycles. The standard InChI is InChI=1S/C25H22N2O5/c1-31-15-7-8-20-18(12-15)16-9-10-27-13-14(24(29)17-5-3-4-6-21(17)28)11-19(25(30)32-2)23(27)22(16)26-20/h3-8,11-13,16,26,28H,9-10H2,1-2H3. The number of para-hydroxylation sites is 1. The van der Waals surface area contributed by atoms with Crippen LogP contribution in [0.25, 0.3) is 0 Å². The first-order chi connectivity index (χ1) is 15.5. The monoisotopic (exact) mass is 430 g/mol. The fourth-order valence-electron chi connectivity index (χ4n) is 4.59. The number of Topliss-reactive ketones (excluding diaryl/α,β-unsaturated/α-hetero) is 1. The molecule has 3 aliphatic heterocycles. The topological polar surface area (TPSA) is 88.1 Å². The van der Waals surface area contributed by atoms with E-state index in [2.05, 4.69) is 5.32 Å². The SMILES string of the molecule is COC(=O)C1=CC(C(=O)c2ccccc2O)=CN2CCC3C(=C12)Nc1ccc(OC)cc13. The molecule has 5 rings (SSSR count). The van der Waals surface area contributed by atoms with E-state index in [4.69, 9.17) is 9.47 Å². The molecule has 1 atom stereocenters. The summed E-state index contributed by atoms with van der Waals surface area (Å²) in [5, 5.41) is 13.6. The van der Waals surface area contributed by atoms with Crippen LogP contribution in [-0.2, 0) is 9.53 Å². The molecule has 32 heavy (non-hydrogen) atoms. The highest BCUT2D eigenvalue weighted by molar-refractivity contribution is 6.13. The smallest absolute Gasteiger partial charge is 0.340 e. The van der Waals surface area contributed by atoms with Gasteiger partial charge in [0, 0.05) is 35.6 Å². The molecule has 2 aromatic rings. The lowest BCUT2D eigenvalue weighted by Crippen LogP contribution is -2.34. The largest absolute Gasteiger partial charge is 0.507 e. The number of ether oxygens (including phenoxy) is 2. The van der Waals surface area contributed by atoms with E-state index in [0.717, 1.165) is 29.1 Å². The highest BCUT2D eigenvalue weighted by Crippen LogP contribution is 2.48. The van der Waals surface area contributed by atoms with Gasteiger partial charge in [-0.15, -0.1) is 0 Å². The van der Waals surface area contributed by atoms with E-state index in [-0.39, 0.29) is 23.0 Å². The Balaban J connectivity index is 1.60. The highest BCUT2D eigenvalue weighted by atomic mass is 16.5. The van der Waals surface area contributed by atoms with Crippen LogP contribution in [-0.4, -0.2) is 42.5 Å². The molecule has 0 bridgehead atoms. The highest BCUT2D eigenvalue weighted by Gasteiger charge is 2.40. The zero-order chi connectivity index (χ0) is 22.4. The zero-order valence-electron chi connectivity index (χ0n) is 17.7. The Hall–Kier alpha value is -4.00. The molecule has 3 heterocycles. The van der Waals surface area contributed by atoms with Gasteiger partial charge in [-0.2, -0.15) is 0 Å². The van der Waals surface area contributed by atoms with Crippen LogP contribution in [0.1, 0.15) is 28.3 Å². The van der Waals surface area contributed by atoms with Crippen molar-refractivity contribution < 1.29 is 24.2 Å². The molecule has 7 nitrogen and oxygen atoms in total. The van der Waals surface area contributed by atoms with Crippen molar-refractivity contribution in [2.45, 2.75) is 12.3 Å². The van der Waals surface area contributed by atoms with Gasteiger partial charge in [0.05, 0.1) is 31.1 Å². The number of aromatic hydroxyl groups is 1. The maximum absolute atomic E-state index is 13.1. The van der Waals surface area contributed by atoms with Gasteiger partial charge in [-0.3, -0.25) is 4.79 Å². The summed E-state index contributed by atoms with van der Waals surface area (Å²) in [6.45, 7) is 0.619. The molecular formula is C25H22N2O5. The molecule has 1 unspecified atom stereocenters. The predicted molar refractivity (Wildman–Crippen MR) is 118 cm³/mol. The van der Waals surface area contributed by atoms with E-state index >= 15 is 0 Å². The minimum Gasteiger partial charge on any atom is -0.507 e. The van der Waals surface area contributed by atoms with E-state index in [1.165, 1.54) is 13.2 Å². The molecule has 0 radical (unpaired) electrons. The Bertz CT molecular complexity index is 1240. The lowest BCUT2D eigenvalue weighted by molar-refractivity contribution is -0.136. The number of hydrogen-bond acceptors (Lipinski definition) is 7. The van der Waals surface area contributed by atoms with Gasteiger partial charge >= 0.3 is 5.97 Å². The predicted octanol–water partition coefficient (Wildman–Crippen LogP) is 3.71. The van der Waals surface area contributed by atoms with Crippen molar-refractivity contribution in [1.29, 1.82) is 0 Å². The number of carbonyl (C=O) groups excluding carboxylic acids is 2. The first-order valence-electron chi connectivity index (χ1n) is 10.3. The number of anilines is 1. The van der Waals surface area contributed by atoms with Crippen molar-refractivity contribution in [3.8, 4) is 11.5 Å². The Morgan fingerprint density at radius 3 is 2.72 bits per heavy atom. The van der Waals surface area contributed by atoms with Crippen LogP contribution in [0.4, 0.5) is 5.69 Å². The minimum absolute atomic E-state index is 0.0863. The number of carbonyl (C=O) groups is 2. The van der Waals surface area contributed by atoms with Crippen molar-refractivity contribution in [3.05, 3.63) is 88.4 Å². The van der Waals surface area contributed by atoms with E-state index < -0.39 is 5.97 Å². The Morgan fingerprint density at radius 1 is 1.16 bits per heavy atom. The average molecular weight is 430 g/mol. The Morgan fingerprint density at radius 2 is 1.97 bits per heavy atom. The number of ketones is 1. The number of fused-ring (bicyclic) bond motifs is 4. The number of phenolic OH excluding ortho intramolecular Hbond substituents is 1. The number of methoxy groups -OCH3 is 2. The second kappa shape index (κ2) is 7.60. The van der Waals surface area contributed by atoms with Gasteiger partial charge in [-0.05, 0) is 48.4 Å². The number of hydrogen-bond donors (Lipinski definition) is 2. The van der Waals surface area contributed by atoms with Crippen LogP contribution in [0.3, 0.4) is 0 Å². The molecule has 0 aliphatic carbocycles. The summed E-state index contributed by atoms with van der Waals surface area (Å²) in [5.41, 5.74) is 4.51. The molecule has 0 fully saturated rings. The molecule has 0 saturated carbocycles. The van der Waals surface area contributed by atoms with Crippen molar-refractivity contribution in [2.24, 2.45) is 0 Å². The second-order valence-electron chi connectivity index (χ2n) is 7.86. The number of phenols is 1. The molecule has 2 N–H and O–H groups in total. The van der Waals surface area contributed by atoms with Gasteiger partial charge in [-0.25, -0.2) is 4.79 Å². The maximum atomic E-state index is 13.1. The number of esters is 1. The van der Waals surface area contributed by atoms with Gasteiger partial charge in [0.1, 0.15) is 11.5 Å². The molecule has 0 spiro atoms. The molecular weight excluding hydrogens is 408 g/mol. The van der Waals surface area contributed by atoms with Crippen LogP contribution < -0.4 is 10.1 Å². The summed E-state index contributed by atoms with van der Waals surface area (Å²) in [6, 6.07) is 12.3. The molecule has 3 aliphatic rings. The van der Waals surface area contributed by atoms with Gasteiger partial charge in [0.2, 0.25) is 0 Å². The number of allylic oxidation sites excluding steroid dienone is 3. The van der Waals surface area contributed by atoms with Crippen molar-refractivity contribution >= 4 is 17.4 Å². The fraction of sp³-hybridized carbons (Fsp3) is 0.200. The molecule has 0 saturated heterocycles. The summed E-state index contributed by atoms with van der Waals surface area (Å²) in [7, 11) is 2.96. The fourth-order valence-corrected chi connectivity index (χ4v) is 4.59. The third-order valence-corrected chi connectivity index (χ3v) is 6.12. The lowest BCUT2D eigenvalue weighted by Gasteiger charge is -2.36. The number of rotatable bonds is 4. The first kappa shape index (κ1) is 19.9. The van der Waals surface area contributed by atoms with E-state index in [1.54, 1.807) is 37.6 Å². The summed E-state index contributed by atoms with van der Waals surface area (Å²) in [5.74, 6) is -0.117. The normalized spacial score (nSPS) is 18.6. The van der Waals surface area contributed by atoms with Crippen LogP contribution in [0.15, 0.2) is 77.3 Å². The van der Waals surface area contributed by atoms with Crippen molar-refractivity contribution in [3.63, 3.8) is 0 Å². The molecule has 0 amide bonds. The molecule has 162 valence electrons. The van der Waals surface area contributed by atoms with E-state index in [9.17, 15) is 14.7 Å². The lowest BCUT2D eigenvalue weighted by atomic mass is 9.86. The summed E-state index contributed by atoms with van der Waals surface area (Å²) >= 11 is 0. The van der Waals surface area contributed by atoms with E-state index in [1.807, 2.05) is 23.1 Å². The number of nitrogens with zero attached hydrogens (tertiary/aromatic N) is 1. The average Bonchev–Trinajstić information content (AvgIpc) is 3.20. The summed E-state index contributed by atoms with van der Waals surface area (Å²) in [4.78, 5) is 27.8. The molecule has 0 aromatic heterocycles. The van der Waals surface area contributed by atoms with Crippen LogP contribution >= 0.6 is 0 Å². The second-order valence-corrected chi connectivity index (χ2v) is 7.86. The Labute approximate surface area is 185 Å². The van der Waals surface area contributed by atoms with E-state index in [0.29, 0.717) is 23.4 Å². The summed E-state index contributed by atoms with van der Waals surface area (Å²) in [6.07, 6.45) is 4.09. The third-order valence-electron chi connectivity index (χ3n) is 6.12. The van der Waals surface area contributed by atoms with Gasteiger partial charge in [-0.1, -0.05) is 12.1 Å². The third kappa shape index (κ3) is 3.05. The van der Waals surface area contributed by atoms with Gasteiger partial charge in [0.25, 0.3) is 0 Å². The quantitative estimate of drug-likeness (QED) is 0.565. The Kier molecular flexibility index (Phi) is 4.74.